The number of fused-ring (bicyclic) bond motifs is 2. The lowest BCUT2D eigenvalue weighted by molar-refractivity contribution is 0.0552. The van der Waals surface area contributed by atoms with Crippen molar-refractivity contribution in [2.24, 2.45) is 0 Å². The molecular formula is C19H22N6O4. The van der Waals surface area contributed by atoms with Crippen LogP contribution in [0.1, 0.15) is 20.8 Å². The summed E-state index contributed by atoms with van der Waals surface area (Å²) in [6.45, 7) is 6.47. The summed E-state index contributed by atoms with van der Waals surface area (Å²) in [7, 11) is 0. The second-order valence-corrected chi connectivity index (χ2v) is 6.59. The number of nitrogens with zero attached hydrogens (tertiary/aromatic N) is 4. The molecule has 4 rings (SSSR count). The average molecular weight is 398 g/mol. The minimum atomic E-state index is -0.412. The Morgan fingerprint density at radius 3 is 2.93 bits per heavy atom. The molecule has 0 spiro atoms. The largest absolute Gasteiger partial charge is 0.454 e. The molecule has 1 aromatic carbocycles. The number of urea groups is 1. The molecule has 1 aliphatic heterocycles. The van der Waals surface area contributed by atoms with Crippen molar-refractivity contribution >= 4 is 17.8 Å². The number of aromatic nitrogens is 4. The lowest BCUT2D eigenvalue weighted by atomic mass is 10.1. The van der Waals surface area contributed by atoms with E-state index in [0.29, 0.717) is 23.9 Å². The van der Waals surface area contributed by atoms with E-state index in [1.807, 2.05) is 45.0 Å². The van der Waals surface area contributed by atoms with Crippen LogP contribution in [0.5, 0.6) is 11.5 Å². The summed E-state index contributed by atoms with van der Waals surface area (Å²) in [4.78, 5) is 20.8. The Kier molecular flexibility index (Phi) is 5.17. The number of amides is 2. The quantitative estimate of drug-likeness (QED) is 0.656. The Labute approximate surface area is 167 Å². The zero-order chi connectivity index (χ0) is 20.4. The number of ether oxygens (including phenoxy) is 3. The molecule has 1 aliphatic rings. The average Bonchev–Trinajstić information content (AvgIpc) is 3.33. The summed E-state index contributed by atoms with van der Waals surface area (Å²) in [6, 6.07) is 6.85. The molecule has 2 unspecified atom stereocenters. The van der Waals surface area contributed by atoms with Gasteiger partial charge < -0.3 is 19.5 Å². The first-order chi connectivity index (χ1) is 14.0. The SMILES string of the molecule is CCOC(C)C(C)NC(=O)Nc1nc2nccc(-c3ccc4c(c3)OCO4)n2n1. The molecule has 10 nitrogen and oxygen atoms in total. The van der Waals surface area contributed by atoms with Crippen LogP contribution in [0.15, 0.2) is 30.5 Å². The summed E-state index contributed by atoms with van der Waals surface area (Å²) >= 11 is 0. The van der Waals surface area contributed by atoms with Crippen LogP contribution in [-0.2, 0) is 4.74 Å². The van der Waals surface area contributed by atoms with Gasteiger partial charge in [-0.05, 0) is 45.0 Å². The van der Waals surface area contributed by atoms with Crippen molar-refractivity contribution < 1.29 is 19.0 Å². The van der Waals surface area contributed by atoms with Crippen molar-refractivity contribution in [2.45, 2.75) is 32.9 Å². The van der Waals surface area contributed by atoms with E-state index in [-0.39, 0.29) is 24.9 Å². The second-order valence-electron chi connectivity index (χ2n) is 6.59. The van der Waals surface area contributed by atoms with Gasteiger partial charge in [0.25, 0.3) is 11.7 Å². The van der Waals surface area contributed by atoms with Gasteiger partial charge in [-0.1, -0.05) is 0 Å². The molecule has 152 valence electrons. The number of carbonyl (C=O) groups excluding carboxylic acids is 1. The van der Waals surface area contributed by atoms with Gasteiger partial charge in [-0.25, -0.2) is 9.78 Å². The highest BCUT2D eigenvalue weighted by atomic mass is 16.7. The maximum Gasteiger partial charge on any atom is 0.321 e. The second kappa shape index (κ2) is 7.92. The number of rotatable bonds is 6. The third-order valence-corrected chi connectivity index (χ3v) is 4.63. The van der Waals surface area contributed by atoms with Crippen molar-refractivity contribution in [2.75, 3.05) is 18.7 Å². The minimum Gasteiger partial charge on any atom is -0.454 e. The van der Waals surface area contributed by atoms with Crippen molar-refractivity contribution in [1.82, 2.24) is 24.9 Å². The van der Waals surface area contributed by atoms with E-state index in [1.54, 1.807) is 10.7 Å². The Hall–Kier alpha value is -3.40. The van der Waals surface area contributed by atoms with Gasteiger partial charge in [0.05, 0.1) is 17.8 Å². The summed E-state index contributed by atoms with van der Waals surface area (Å²) in [5.41, 5.74) is 1.62. The molecule has 29 heavy (non-hydrogen) atoms. The maximum absolute atomic E-state index is 12.3. The Balaban J connectivity index is 1.54. The molecule has 0 aliphatic carbocycles. The minimum absolute atomic E-state index is 0.112. The van der Waals surface area contributed by atoms with Crippen LogP contribution in [0.4, 0.5) is 10.7 Å². The van der Waals surface area contributed by atoms with Crippen molar-refractivity contribution in [3.8, 4) is 22.8 Å². The Bertz CT molecular complexity index is 1040. The molecular weight excluding hydrogens is 376 g/mol. The summed E-state index contributed by atoms with van der Waals surface area (Å²) in [5.74, 6) is 1.89. The highest BCUT2D eigenvalue weighted by molar-refractivity contribution is 5.87. The molecule has 10 heteroatoms. The predicted molar refractivity (Wildman–Crippen MR) is 105 cm³/mol. The van der Waals surface area contributed by atoms with E-state index >= 15 is 0 Å². The molecule has 2 aromatic heterocycles. The van der Waals surface area contributed by atoms with Gasteiger partial charge >= 0.3 is 6.03 Å². The normalized spacial score (nSPS) is 14.6. The van der Waals surface area contributed by atoms with Crippen LogP contribution in [0.2, 0.25) is 0 Å². The molecule has 0 bridgehead atoms. The van der Waals surface area contributed by atoms with Gasteiger partial charge in [0.2, 0.25) is 6.79 Å². The summed E-state index contributed by atoms with van der Waals surface area (Å²) in [6.07, 6.45) is 1.53. The van der Waals surface area contributed by atoms with Crippen LogP contribution in [0.25, 0.3) is 17.0 Å². The Morgan fingerprint density at radius 2 is 2.10 bits per heavy atom. The standard InChI is InChI=1S/C19H22N6O4/c1-4-27-12(3)11(2)21-19(26)23-17-22-18-20-8-7-14(25(18)24-17)13-5-6-15-16(9-13)29-10-28-15/h5-9,11-12H,4,10H2,1-3H3,(H2,21,23,24,26). The first-order valence-corrected chi connectivity index (χ1v) is 9.36. The third-order valence-electron chi connectivity index (χ3n) is 4.63. The monoisotopic (exact) mass is 398 g/mol. The van der Waals surface area contributed by atoms with E-state index in [9.17, 15) is 4.79 Å². The lowest BCUT2D eigenvalue weighted by Crippen LogP contribution is -2.43. The van der Waals surface area contributed by atoms with Crippen LogP contribution >= 0.6 is 0 Å². The molecule has 3 heterocycles. The van der Waals surface area contributed by atoms with Crippen LogP contribution in [0, 0.1) is 0 Å². The van der Waals surface area contributed by atoms with E-state index < -0.39 is 6.03 Å². The molecule has 0 saturated carbocycles. The Morgan fingerprint density at radius 1 is 1.28 bits per heavy atom. The van der Waals surface area contributed by atoms with Crippen LogP contribution in [-0.4, -0.2) is 51.2 Å². The summed E-state index contributed by atoms with van der Waals surface area (Å²) in [5, 5.41) is 9.84. The highest BCUT2D eigenvalue weighted by Crippen LogP contribution is 2.35. The molecule has 0 fully saturated rings. The molecule has 0 radical (unpaired) electrons. The zero-order valence-corrected chi connectivity index (χ0v) is 16.4. The number of hydrogen-bond acceptors (Lipinski definition) is 7. The van der Waals surface area contributed by atoms with Crippen LogP contribution < -0.4 is 20.1 Å². The van der Waals surface area contributed by atoms with E-state index in [1.165, 1.54) is 0 Å². The number of hydrogen-bond donors (Lipinski definition) is 2. The number of anilines is 1. The molecule has 2 N–H and O–H groups in total. The fourth-order valence-electron chi connectivity index (χ4n) is 2.99. The fraction of sp³-hybridized carbons (Fsp3) is 0.368. The molecule has 2 atom stereocenters. The van der Waals surface area contributed by atoms with Gasteiger partial charge in [0, 0.05) is 18.4 Å². The molecule has 2 amide bonds. The summed E-state index contributed by atoms with van der Waals surface area (Å²) < 4.78 is 17.9. The molecule has 0 saturated heterocycles. The first-order valence-electron chi connectivity index (χ1n) is 9.36. The van der Waals surface area contributed by atoms with Gasteiger partial charge in [0.1, 0.15) is 0 Å². The highest BCUT2D eigenvalue weighted by Gasteiger charge is 2.18. The fourth-order valence-corrected chi connectivity index (χ4v) is 2.99. The topological polar surface area (TPSA) is 112 Å². The zero-order valence-electron chi connectivity index (χ0n) is 16.4. The smallest absolute Gasteiger partial charge is 0.321 e. The van der Waals surface area contributed by atoms with E-state index in [0.717, 1.165) is 11.3 Å². The number of nitrogens with one attached hydrogen (secondary N) is 2. The maximum atomic E-state index is 12.3. The van der Waals surface area contributed by atoms with Gasteiger partial charge in [-0.15, -0.1) is 5.10 Å². The first kappa shape index (κ1) is 18.9. The van der Waals surface area contributed by atoms with Gasteiger partial charge in [-0.3, -0.25) is 5.32 Å². The predicted octanol–water partition coefficient (Wildman–Crippen LogP) is 2.46. The molecule has 3 aromatic rings. The third kappa shape index (κ3) is 3.92. The van der Waals surface area contributed by atoms with Crippen molar-refractivity contribution in [1.29, 1.82) is 0 Å². The van der Waals surface area contributed by atoms with Crippen LogP contribution in [0.3, 0.4) is 0 Å². The van der Waals surface area contributed by atoms with E-state index in [4.69, 9.17) is 14.2 Å². The van der Waals surface area contributed by atoms with Gasteiger partial charge in [-0.2, -0.15) is 9.50 Å². The van der Waals surface area contributed by atoms with Crippen molar-refractivity contribution in [3.63, 3.8) is 0 Å². The number of benzene rings is 1. The van der Waals surface area contributed by atoms with E-state index in [2.05, 4.69) is 25.7 Å². The van der Waals surface area contributed by atoms with Crippen molar-refractivity contribution in [3.05, 3.63) is 30.5 Å². The van der Waals surface area contributed by atoms with Gasteiger partial charge in [0.15, 0.2) is 11.5 Å². The lowest BCUT2D eigenvalue weighted by Gasteiger charge is -2.20. The number of carbonyl (C=O) groups is 1.